The van der Waals surface area contributed by atoms with E-state index in [9.17, 15) is 5.11 Å². The number of fused-ring (bicyclic) bond motifs is 3. The van der Waals surface area contributed by atoms with E-state index in [-0.39, 0.29) is 6.61 Å². The Labute approximate surface area is 166 Å². The number of para-hydroxylation sites is 1. The number of nitrogens with zero attached hydrogens (tertiary/aromatic N) is 3. The summed E-state index contributed by atoms with van der Waals surface area (Å²) < 4.78 is 2.29. The van der Waals surface area contributed by atoms with E-state index >= 15 is 0 Å². The summed E-state index contributed by atoms with van der Waals surface area (Å²) in [4.78, 5) is 4.61. The molecule has 1 aromatic heterocycles. The third-order valence-electron chi connectivity index (χ3n) is 6.09. The van der Waals surface area contributed by atoms with Crippen LogP contribution < -0.4 is 0 Å². The molecule has 1 aliphatic carbocycles. The van der Waals surface area contributed by atoms with Crippen molar-refractivity contribution < 1.29 is 10.2 Å². The van der Waals surface area contributed by atoms with Gasteiger partial charge in [-0.2, -0.15) is 0 Å². The van der Waals surface area contributed by atoms with E-state index in [0.717, 1.165) is 56.1 Å². The van der Waals surface area contributed by atoms with Crippen molar-refractivity contribution in [1.29, 1.82) is 0 Å². The summed E-state index contributed by atoms with van der Waals surface area (Å²) in [5.41, 5.74) is 3.90. The van der Waals surface area contributed by atoms with Crippen LogP contribution in [0.1, 0.15) is 24.1 Å². The number of aromatic nitrogens is 1. The van der Waals surface area contributed by atoms with Gasteiger partial charge in [-0.1, -0.05) is 23.7 Å². The van der Waals surface area contributed by atoms with Gasteiger partial charge in [-0.15, -0.1) is 0 Å². The van der Waals surface area contributed by atoms with Crippen LogP contribution in [-0.2, 0) is 19.4 Å². The average molecular weight is 392 g/mol. The van der Waals surface area contributed by atoms with Gasteiger partial charge in [0, 0.05) is 50.3 Å². The van der Waals surface area contributed by atoms with Crippen molar-refractivity contribution >= 4 is 22.5 Å². The molecular weight excluding hydrogens is 362 g/mol. The van der Waals surface area contributed by atoms with Crippen LogP contribution in [0.3, 0.4) is 0 Å². The molecule has 27 heavy (non-hydrogen) atoms. The lowest BCUT2D eigenvalue weighted by molar-refractivity contribution is 0.0593. The molecule has 2 heterocycles. The summed E-state index contributed by atoms with van der Waals surface area (Å²) in [6, 6.07) is 6.17. The molecule has 5 nitrogen and oxygen atoms in total. The summed E-state index contributed by atoms with van der Waals surface area (Å²) in [5.74, 6) is 0. The molecule has 0 amide bonds. The Balaban J connectivity index is 1.49. The standard InChI is InChI=1S/C21H30ClN3O2/c22-19-6-3-5-18-17-4-1-2-7-20(17)25(21(18)19)15-16(27)14-24-10-8-23(9-11-24)12-13-26/h3,5-6,16,26-27H,1-2,4,7-15H2. The van der Waals surface area contributed by atoms with Crippen molar-refractivity contribution in [2.45, 2.75) is 38.3 Å². The van der Waals surface area contributed by atoms with Crippen molar-refractivity contribution in [3.05, 3.63) is 34.5 Å². The first kappa shape index (κ1) is 19.2. The summed E-state index contributed by atoms with van der Waals surface area (Å²) in [6.07, 6.45) is 4.23. The number of hydrogen-bond acceptors (Lipinski definition) is 4. The first-order valence-electron chi connectivity index (χ1n) is 10.2. The zero-order chi connectivity index (χ0) is 18.8. The fraction of sp³-hybridized carbons (Fsp3) is 0.619. The van der Waals surface area contributed by atoms with Crippen LogP contribution in [0.25, 0.3) is 10.9 Å². The maximum Gasteiger partial charge on any atom is 0.0845 e. The molecule has 1 atom stereocenters. The third-order valence-corrected chi connectivity index (χ3v) is 6.39. The zero-order valence-electron chi connectivity index (χ0n) is 15.9. The quantitative estimate of drug-likeness (QED) is 0.792. The van der Waals surface area contributed by atoms with Gasteiger partial charge in [-0.3, -0.25) is 9.80 Å². The molecule has 4 rings (SSSR count). The number of piperazine rings is 1. The van der Waals surface area contributed by atoms with Crippen LogP contribution in [0.5, 0.6) is 0 Å². The lowest BCUT2D eigenvalue weighted by Crippen LogP contribution is -2.49. The van der Waals surface area contributed by atoms with Crippen LogP contribution in [0.15, 0.2) is 18.2 Å². The molecule has 1 aromatic carbocycles. The Hall–Kier alpha value is -1.11. The smallest absolute Gasteiger partial charge is 0.0845 e. The van der Waals surface area contributed by atoms with E-state index in [2.05, 4.69) is 20.4 Å². The fourth-order valence-corrected chi connectivity index (χ4v) is 5.03. The van der Waals surface area contributed by atoms with Gasteiger partial charge >= 0.3 is 0 Å². The highest BCUT2D eigenvalue weighted by Gasteiger charge is 2.24. The Kier molecular flexibility index (Phi) is 6.05. The highest BCUT2D eigenvalue weighted by atomic mass is 35.5. The summed E-state index contributed by atoms with van der Waals surface area (Å²) >= 11 is 6.56. The van der Waals surface area contributed by atoms with E-state index in [1.54, 1.807) is 0 Å². The molecule has 0 spiro atoms. The van der Waals surface area contributed by atoms with Crippen LogP contribution in [0.4, 0.5) is 0 Å². The molecule has 1 unspecified atom stereocenters. The van der Waals surface area contributed by atoms with Crippen molar-refractivity contribution in [1.82, 2.24) is 14.4 Å². The topological polar surface area (TPSA) is 51.9 Å². The minimum atomic E-state index is -0.410. The van der Waals surface area contributed by atoms with Gasteiger partial charge in [0.15, 0.2) is 0 Å². The van der Waals surface area contributed by atoms with E-state index < -0.39 is 6.10 Å². The number of halogens is 1. The summed E-state index contributed by atoms with van der Waals surface area (Å²) in [7, 11) is 0. The number of aliphatic hydroxyl groups excluding tert-OH is 2. The lowest BCUT2D eigenvalue weighted by Gasteiger charge is -2.35. The van der Waals surface area contributed by atoms with E-state index in [0.29, 0.717) is 13.1 Å². The molecular formula is C21H30ClN3O2. The molecule has 1 fully saturated rings. The van der Waals surface area contributed by atoms with Gasteiger partial charge in [0.1, 0.15) is 0 Å². The number of rotatable bonds is 6. The molecule has 2 N–H and O–H groups in total. The normalized spacial score (nSPS) is 20.1. The predicted octanol–water partition coefficient (Wildman–Crippen LogP) is 2.14. The zero-order valence-corrected chi connectivity index (χ0v) is 16.7. The van der Waals surface area contributed by atoms with Gasteiger partial charge in [-0.05, 0) is 37.3 Å². The Morgan fingerprint density at radius 3 is 2.52 bits per heavy atom. The van der Waals surface area contributed by atoms with Crippen LogP contribution in [0, 0.1) is 0 Å². The maximum atomic E-state index is 10.8. The van der Waals surface area contributed by atoms with Gasteiger partial charge in [0.25, 0.3) is 0 Å². The average Bonchev–Trinajstić information content (AvgIpc) is 2.99. The number of aryl methyl sites for hydroxylation is 1. The second-order valence-electron chi connectivity index (χ2n) is 7.90. The lowest BCUT2D eigenvalue weighted by atomic mass is 9.95. The predicted molar refractivity (Wildman–Crippen MR) is 110 cm³/mol. The van der Waals surface area contributed by atoms with Crippen molar-refractivity contribution in [2.75, 3.05) is 45.9 Å². The molecule has 0 saturated carbocycles. The largest absolute Gasteiger partial charge is 0.395 e. The minimum Gasteiger partial charge on any atom is -0.395 e. The highest BCUT2D eigenvalue weighted by Crippen LogP contribution is 2.35. The highest BCUT2D eigenvalue weighted by molar-refractivity contribution is 6.35. The summed E-state index contributed by atoms with van der Waals surface area (Å²) in [5, 5.41) is 22.0. The Bertz CT molecular complexity index is 783. The molecule has 2 aromatic rings. The molecule has 1 aliphatic heterocycles. The maximum absolute atomic E-state index is 10.8. The van der Waals surface area contributed by atoms with Crippen LogP contribution in [-0.4, -0.2) is 76.6 Å². The first-order valence-corrected chi connectivity index (χ1v) is 10.6. The Morgan fingerprint density at radius 1 is 1.00 bits per heavy atom. The second kappa shape index (κ2) is 8.50. The molecule has 6 heteroatoms. The molecule has 1 saturated heterocycles. The van der Waals surface area contributed by atoms with Crippen molar-refractivity contribution in [3.63, 3.8) is 0 Å². The molecule has 0 radical (unpaired) electrons. The van der Waals surface area contributed by atoms with Gasteiger partial charge in [0.05, 0.1) is 29.8 Å². The van der Waals surface area contributed by atoms with E-state index in [1.807, 2.05) is 12.1 Å². The van der Waals surface area contributed by atoms with E-state index in [4.69, 9.17) is 16.7 Å². The Morgan fingerprint density at radius 2 is 1.74 bits per heavy atom. The molecule has 148 valence electrons. The van der Waals surface area contributed by atoms with Gasteiger partial charge in [0.2, 0.25) is 0 Å². The van der Waals surface area contributed by atoms with Crippen molar-refractivity contribution in [3.8, 4) is 0 Å². The van der Waals surface area contributed by atoms with Crippen LogP contribution >= 0.6 is 11.6 Å². The monoisotopic (exact) mass is 391 g/mol. The van der Waals surface area contributed by atoms with E-state index in [1.165, 1.54) is 29.5 Å². The fourth-order valence-electron chi connectivity index (χ4n) is 4.75. The molecule has 0 bridgehead atoms. The second-order valence-corrected chi connectivity index (χ2v) is 8.31. The molecule has 2 aliphatic rings. The SMILES string of the molecule is OCCN1CCN(CC(O)Cn2c3c(c4cccc(Cl)c42)CCCC3)CC1. The third kappa shape index (κ3) is 4.03. The van der Waals surface area contributed by atoms with Crippen molar-refractivity contribution in [2.24, 2.45) is 0 Å². The van der Waals surface area contributed by atoms with Gasteiger partial charge < -0.3 is 14.8 Å². The number of benzene rings is 1. The number of β-amino-alcohol motifs (C(OH)–C–C–N with tert-alkyl or cyclic N) is 2. The van der Waals surface area contributed by atoms with Gasteiger partial charge in [-0.25, -0.2) is 0 Å². The number of hydrogen-bond donors (Lipinski definition) is 2. The van der Waals surface area contributed by atoms with Crippen LogP contribution in [0.2, 0.25) is 5.02 Å². The number of aliphatic hydroxyl groups is 2. The first-order chi connectivity index (χ1) is 13.2. The summed E-state index contributed by atoms with van der Waals surface area (Å²) in [6.45, 7) is 6.07. The minimum absolute atomic E-state index is 0.217.